The summed E-state index contributed by atoms with van der Waals surface area (Å²) in [5, 5.41) is 1.97. The molecule has 0 heterocycles. The maximum Gasteiger partial charge on any atom is 0.268 e. The lowest BCUT2D eigenvalue weighted by Gasteiger charge is -2.13. The van der Waals surface area contributed by atoms with E-state index in [9.17, 15) is 8.42 Å². The van der Waals surface area contributed by atoms with Gasteiger partial charge in [0.05, 0.1) is 11.4 Å². The van der Waals surface area contributed by atoms with Gasteiger partial charge < -0.3 is 11.1 Å². The van der Waals surface area contributed by atoms with Crippen LogP contribution in [0, 0.1) is 0 Å². The van der Waals surface area contributed by atoms with E-state index in [0.717, 1.165) is 6.42 Å². The Hall–Kier alpha value is -0.170. The molecule has 0 aliphatic carbocycles. The van der Waals surface area contributed by atoms with Gasteiger partial charge in [0.15, 0.2) is 0 Å². The highest BCUT2D eigenvalue weighted by molar-refractivity contribution is 7.86. The average Bonchev–Trinajstić information content (AvgIpc) is 1.97. The summed E-state index contributed by atoms with van der Waals surface area (Å²) in [7, 11) is -3.92. The first-order valence-corrected chi connectivity index (χ1v) is 5.33. The van der Waals surface area contributed by atoms with Gasteiger partial charge in [-0.25, -0.2) is 0 Å². The SMILES string of the molecule is CCC(N)NCC(C)S(=O)(=O)O. The fraction of sp³-hybridized carbons (Fsp3) is 1.00. The monoisotopic (exact) mass is 196 g/mol. The molecule has 5 nitrogen and oxygen atoms in total. The van der Waals surface area contributed by atoms with Crippen LogP contribution in [0.2, 0.25) is 0 Å². The Morgan fingerprint density at radius 1 is 1.58 bits per heavy atom. The van der Waals surface area contributed by atoms with Crippen molar-refractivity contribution in [1.29, 1.82) is 0 Å². The molecule has 0 rings (SSSR count). The topological polar surface area (TPSA) is 92.4 Å². The van der Waals surface area contributed by atoms with Crippen LogP contribution in [0.3, 0.4) is 0 Å². The van der Waals surface area contributed by atoms with Crippen molar-refractivity contribution in [3.05, 3.63) is 0 Å². The van der Waals surface area contributed by atoms with E-state index < -0.39 is 15.4 Å². The van der Waals surface area contributed by atoms with Crippen molar-refractivity contribution in [3.63, 3.8) is 0 Å². The number of hydrogen-bond donors (Lipinski definition) is 3. The van der Waals surface area contributed by atoms with Crippen molar-refractivity contribution in [2.75, 3.05) is 6.54 Å². The highest BCUT2D eigenvalue weighted by Crippen LogP contribution is 1.95. The van der Waals surface area contributed by atoms with Crippen LogP contribution in [0.25, 0.3) is 0 Å². The number of hydrogen-bond acceptors (Lipinski definition) is 4. The molecule has 0 aromatic carbocycles. The minimum Gasteiger partial charge on any atom is -0.316 e. The zero-order valence-corrected chi connectivity index (χ0v) is 8.13. The molecule has 2 unspecified atom stereocenters. The maximum atomic E-state index is 10.5. The minimum atomic E-state index is -3.92. The molecule has 74 valence electrons. The van der Waals surface area contributed by atoms with Crippen LogP contribution in [-0.2, 0) is 10.1 Å². The second-order valence-corrected chi connectivity index (χ2v) is 4.58. The first-order chi connectivity index (χ1) is 5.38. The molecule has 0 saturated heterocycles. The van der Waals surface area contributed by atoms with Gasteiger partial charge in [-0.1, -0.05) is 6.92 Å². The van der Waals surface area contributed by atoms with Crippen molar-refractivity contribution in [1.82, 2.24) is 5.32 Å². The molecule has 2 atom stereocenters. The molecule has 0 aliphatic rings. The maximum absolute atomic E-state index is 10.5. The lowest BCUT2D eigenvalue weighted by atomic mass is 10.3. The Labute approximate surface area is 73.1 Å². The first-order valence-electron chi connectivity index (χ1n) is 3.83. The van der Waals surface area contributed by atoms with Crippen LogP contribution >= 0.6 is 0 Å². The van der Waals surface area contributed by atoms with Crippen molar-refractivity contribution in [2.24, 2.45) is 5.73 Å². The lowest BCUT2D eigenvalue weighted by molar-refractivity contribution is 0.453. The summed E-state index contributed by atoms with van der Waals surface area (Å²) < 4.78 is 29.6. The molecule has 0 aromatic heterocycles. The molecule has 0 amide bonds. The van der Waals surface area contributed by atoms with Crippen molar-refractivity contribution < 1.29 is 13.0 Å². The summed E-state index contributed by atoms with van der Waals surface area (Å²) in [6.45, 7) is 3.48. The van der Waals surface area contributed by atoms with E-state index >= 15 is 0 Å². The summed E-state index contributed by atoms with van der Waals surface area (Å²) in [5.74, 6) is 0. The minimum absolute atomic E-state index is 0.174. The van der Waals surface area contributed by atoms with Gasteiger partial charge in [0, 0.05) is 6.54 Å². The molecule has 0 saturated carbocycles. The zero-order chi connectivity index (χ0) is 9.78. The molecule has 4 N–H and O–H groups in total. The fourth-order valence-corrected chi connectivity index (χ4v) is 0.874. The van der Waals surface area contributed by atoms with Gasteiger partial charge >= 0.3 is 0 Å². The molecule has 0 bridgehead atoms. The predicted octanol–water partition coefficient (Wildman–Crippen LogP) is -0.453. The largest absolute Gasteiger partial charge is 0.316 e. The lowest BCUT2D eigenvalue weighted by Crippen LogP contribution is -2.42. The van der Waals surface area contributed by atoms with E-state index in [-0.39, 0.29) is 12.7 Å². The highest BCUT2D eigenvalue weighted by Gasteiger charge is 2.16. The third-order valence-corrected chi connectivity index (χ3v) is 2.80. The number of nitrogens with two attached hydrogens (primary N) is 1. The Balaban J connectivity index is 3.80. The predicted molar refractivity (Wildman–Crippen MR) is 47.3 cm³/mol. The summed E-state index contributed by atoms with van der Waals surface area (Å²) in [6, 6.07) is 0. The van der Waals surface area contributed by atoms with E-state index in [0.29, 0.717) is 0 Å². The summed E-state index contributed by atoms with van der Waals surface area (Å²) in [6.07, 6.45) is 0.507. The van der Waals surface area contributed by atoms with Gasteiger partial charge in [0.1, 0.15) is 0 Å². The van der Waals surface area contributed by atoms with E-state index in [1.807, 2.05) is 6.92 Å². The van der Waals surface area contributed by atoms with E-state index in [1.54, 1.807) is 0 Å². The van der Waals surface area contributed by atoms with Crippen LogP contribution in [0.15, 0.2) is 0 Å². The zero-order valence-electron chi connectivity index (χ0n) is 7.32. The second kappa shape index (κ2) is 4.76. The number of rotatable bonds is 5. The number of nitrogens with one attached hydrogen (secondary N) is 1. The van der Waals surface area contributed by atoms with Crippen LogP contribution in [0.1, 0.15) is 20.3 Å². The van der Waals surface area contributed by atoms with Crippen molar-refractivity contribution in [2.45, 2.75) is 31.7 Å². The summed E-state index contributed by atoms with van der Waals surface area (Å²) in [5.41, 5.74) is 5.48. The molecule has 0 spiro atoms. The van der Waals surface area contributed by atoms with Crippen LogP contribution in [0.5, 0.6) is 0 Å². The van der Waals surface area contributed by atoms with Gasteiger partial charge in [-0.05, 0) is 13.3 Å². The summed E-state index contributed by atoms with van der Waals surface area (Å²) >= 11 is 0. The second-order valence-electron chi connectivity index (χ2n) is 2.75. The van der Waals surface area contributed by atoms with Gasteiger partial charge in [0.2, 0.25) is 0 Å². The molecular weight excluding hydrogens is 180 g/mol. The molecule has 12 heavy (non-hydrogen) atoms. The molecular formula is C6H16N2O3S. The van der Waals surface area contributed by atoms with E-state index in [1.165, 1.54) is 6.92 Å². The smallest absolute Gasteiger partial charge is 0.268 e. The van der Waals surface area contributed by atoms with Gasteiger partial charge in [0.25, 0.3) is 10.1 Å². The quantitative estimate of drug-likeness (QED) is 0.409. The van der Waals surface area contributed by atoms with Gasteiger partial charge in [-0.2, -0.15) is 8.42 Å². The van der Waals surface area contributed by atoms with Gasteiger partial charge in [-0.3, -0.25) is 4.55 Å². The Morgan fingerprint density at radius 3 is 2.42 bits per heavy atom. The van der Waals surface area contributed by atoms with Crippen molar-refractivity contribution in [3.8, 4) is 0 Å². The molecule has 0 aromatic rings. The normalized spacial score (nSPS) is 17.3. The molecule has 0 fully saturated rings. The third-order valence-electron chi connectivity index (χ3n) is 1.62. The first kappa shape index (κ1) is 11.8. The van der Waals surface area contributed by atoms with Crippen LogP contribution < -0.4 is 11.1 Å². The van der Waals surface area contributed by atoms with E-state index in [2.05, 4.69) is 5.32 Å². The van der Waals surface area contributed by atoms with Gasteiger partial charge in [-0.15, -0.1) is 0 Å². The standard InChI is InChI=1S/C6H16N2O3S/c1-3-6(7)8-4-5(2)12(9,10)11/h5-6,8H,3-4,7H2,1-2H3,(H,9,10,11). The Morgan fingerprint density at radius 2 is 2.08 bits per heavy atom. The Bertz CT molecular complexity index is 215. The van der Waals surface area contributed by atoms with Crippen LogP contribution in [-0.4, -0.2) is 30.9 Å². The third kappa shape index (κ3) is 4.66. The molecule has 6 heteroatoms. The molecule has 0 radical (unpaired) electrons. The fourth-order valence-electron chi connectivity index (χ4n) is 0.567. The van der Waals surface area contributed by atoms with Crippen molar-refractivity contribution >= 4 is 10.1 Å². The average molecular weight is 196 g/mol. The van der Waals surface area contributed by atoms with E-state index in [4.69, 9.17) is 10.3 Å². The summed E-state index contributed by atoms with van der Waals surface area (Å²) in [4.78, 5) is 0. The Kier molecular flexibility index (Phi) is 4.69. The highest BCUT2D eigenvalue weighted by atomic mass is 32.2. The molecule has 0 aliphatic heterocycles. The van der Waals surface area contributed by atoms with Crippen LogP contribution in [0.4, 0.5) is 0 Å².